The molecule has 0 saturated heterocycles. The number of ether oxygens (including phenoxy) is 1. The summed E-state index contributed by atoms with van der Waals surface area (Å²) in [6, 6.07) is 4.91. The first-order chi connectivity index (χ1) is 7.13. The van der Waals surface area contributed by atoms with Gasteiger partial charge < -0.3 is 9.53 Å². The van der Waals surface area contributed by atoms with Gasteiger partial charge in [-0.2, -0.15) is 0 Å². The number of carbonyl (C=O) groups is 3. The first-order valence-corrected chi connectivity index (χ1v) is 4.45. The van der Waals surface area contributed by atoms with Gasteiger partial charge in [0.15, 0.2) is 11.7 Å². The number of hydrogen-bond acceptors (Lipinski definition) is 4. The molecule has 0 aromatic heterocycles. The zero-order chi connectivity index (χ0) is 11.0. The lowest BCUT2D eigenvalue weighted by molar-refractivity contribution is -0.139. The highest BCUT2D eigenvalue weighted by Crippen LogP contribution is 2.28. The standard InChI is InChI=1S/C11H8O4/c1-6-2-3-9-7(4-6)10(13)8(5-12)11(14)15-9/h2-5,8H,1H3/t8-/m1/s1. The summed E-state index contributed by atoms with van der Waals surface area (Å²) in [6.45, 7) is 1.82. The van der Waals surface area contributed by atoms with Gasteiger partial charge in [-0.05, 0) is 19.1 Å². The molecule has 1 heterocycles. The van der Waals surface area contributed by atoms with Gasteiger partial charge in [-0.3, -0.25) is 9.59 Å². The average molecular weight is 204 g/mol. The third-order valence-electron chi connectivity index (χ3n) is 2.28. The summed E-state index contributed by atoms with van der Waals surface area (Å²) in [5.74, 6) is -2.36. The van der Waals surface area contributed by atoms with E-state index in [1.54, 1.807) is 18.2 Å². The second kappa shape index (κ2) is 3.31. The molecular weight excluding hydrogens is 196 g/mol. The van der Waals surface area contributed by atoms with Gasteiger partial charge in [0.1, 0.15) is 12.0 Å². The molecule has 0 spiro atoms. The van der Waals surface area contributed by atoms with Crippen LogP contribution in [0.4, 0.5) is 0 Å². The van der Waals surface area contributed by atoms with Gasteiger partial charge in [0.05, 0.1) is 5.56 Å². The van der Waals surface area contributed by atoms with E-state index in [4.69, 9.17) is 4.74 Å². The zero-order valence-electron chi connectivity index (χ0n) is 8.02. The van der Waals surface area contributed by atoms with Crippen molar-refractivity contribution < 1.29 is 19.1 Å². The SMILES string of the molecule is Cc1ccc2c(c1)C(=O)[C@@H](C=O)C(=O)O2. The summed E-state index contributed by atoms with van der Waals surface area (Å²) in [7, 11) is 0. The van der Waals surface area contributed by atoms with Crippen molar-refractivity contribution in [2.24, 2.45) is 5.92 Å². The minimum atomic E-state index is -1.31. The maximum absolute atomic E-state index is 11.7. The van der Waals surface area contributed by atoms with Crippen LogP contribution in [-0.4, -0.2) is 18.0 Å². The molecule has 76 valence electrons. The molecule has 1 aromatic rings. The second-order valence-corrected chi connectivity index (χ2v) is 3.40. The molecule has 0 unspecified atom stereocenters. The maximum Gasteiger partial charge on any atom is 0.329 e. The Balaban J connectivity index is 2.56. The molecule has 1 atom stereocenters. The van der Waals surface area contributed by atoms with Crippen LogP contribution in [0.5, 0.6) is 5.75 Å². The van der Waals surface area contributed by atoms with Gasteiger partial charge in [0, 0.05) is 0 Å². The first kappa shape index (κ1) is 9.58. The fourth-order valence-corrected chi connectivity index (χ4v) is 1.49. The third-order valence-corrected chi connectivity index (χ3v) is 2.28. The van der Waals surface area contributed by atoms with Crippen LogP contribution in [0.25, 0.3) is 0 Å². The number of carbonyl (C=O) groups excluding carboxylic acids is 3. The van der Waals surface area contributed by atoms with Gasteiger partial charge in [-0.15, -0.1) is 0 Å². The molecular formula is C11H8O4. The highest BCUT2D eigenvalue weighted by atomic mass is 16.5. The number of benzene rings is 1. The van der Waals surface area contributed by atoms with Gasteiger partial charge in [-0.25, -0.2) is 0 Å². The van der Waals surface area contributed by atoms with Crippen molar-refractivity contribution in [3.63, 3.8) is 0 Å². The number of aryl methyl sites for hydroxylation is 1. The van der Waals surface area contributed by atoms with E-state index in [9.17, 15) is 14.4 Å². The minimum Gasteiger partial charge on any atom is -0.425 e. The Bertz CT molecular complexity index is 462. The number of hydrogen-bond donors (Lipinski definition) is 0. The maximum atomic E-state index is 11.7. The van der Waals surface area contributed by atoms with E-state index in [2.05, 4.69) is 0 Å². The predicted molar refractivity (Wildman–Crippen MR) is 50.7 cm³/mol. The summed E-state index contributed by atoms with van der Waals surface area (Å²) >= 11 is 0. The molecule has 0 bridgehead atoms. The molecule has 0 saturated carbocycles. The van der Waals surface area contributed by atoms with Crippen molar-refractivity contribution in [3.05, 3.63) is 29.3 Å². The smallest absolute Gasteiger partial charge is 0.329 e. The second-order valence-electron chi connectivity index (χ2n) is 3.40. The van der Waals surface area contributed by atoms with Gasteiger partial charge in [-0.1, -0.05) is 11.6 Å². The van der Waals surface area contributed by atoms with Gasteiger partial charge >= 0.3 is 5.97 Å². The van der Waals surface area contributed by atoms with Gasteiger partial charge in [0.2, 0.25) is 0 Å². The lowest BCUT2D eigenvalue weighted by Gasteiger charge is -2.18. The van der Waals surface area contributed by atoms with Crippen molar-refractivity contribution in [2.75, 3.05) is 0 Å². The average Bonchev–Trinajstić information content (AvgIpc) is 2.20. The van der Waals surface area contributed by atoms with E-state index >= 15 is 0 Å². The molecule has 1 aliphatic rings. The van der Waals surface area contributed by atoms with E-state index in [0.717, 1.165) is 5.56 Å². The van der Waals surface area contributed by atoms with Crippen molar-refractivity contribution in [2.45, 2.75) is 6.92 Å². The number of aldehydes is 1. The molecule has 2 rings (SSSR count). The Labute approximate surface area is 85.8 Å². The van der Waals surface area contributed by atoms with Crippen LogP contribution in [-0.2, 0) is 9.59 Å². The van der Waals surface area contributed by atoms with E-state index in [0.29, 0.717) is 11.8 Å². The highest BCUT2D eigenvalue weighted by molar-refractivity contribution is 6.21. The molecule has 4 heteroatoms. The monoisotopic (exact) mass is 204 g/mol. The Morgan fingerprint density at radius 1 is 1.33 bits per heavy atom. The van der Waals surface area contributed by atoms with Crippen LogP contribution in [0.2, 0.25) is 0 Å². The van der Waals surface area contributed by atoms with Crippen LogP contribution in [0.1, 0.15) is 15.9 Å². The van der Waals surface area contributed by atoms with Crippen LogP contribution in [0.15, 0.2) is 18.2 Å². The quantitative estimate of drug-likeness (QED) is 0.295. The minimum absolute atomic E-state index is 0.230. The number of rotatable bonds is 1. The van der Waals surface area contributed by atoms with Crippen LogP contribution in [0.3, 0.4) is 0 Å². The molecule has 0 amide bonds. The fraction of sp³-hybridized carbons (Fsp3) is 0.182. The first-order valence-electron chi connectivity index (χ1n) is 4.45. The Kier molecular flexibility index (Phi) is 2.11. The largest absolute Gasteiger partial charge is 0.425 e. The molecule has 0 aliphatic carbocycles. The number of fused-ring (bicyclic) bond motifs is 1. The third kappa shape index (κ3) is 1.44. The van der Waals surface area contributed by atoms with E-state index in [1.165, 1.54) is 0 Å². The molecule has 1 aliphatic heterocycles. The number of ketones is 1. The van der Waals surface area contributed by atoms with Crippen LogP contribution in [0, 0.1) is 12.8 Å². The summed E-state index contributed by atoms with van der Waals surface area (Å²) < 4.78 is 4.87. The fourth-order valence-electron chi connectivity index (χ4n) is 1.49. The lowest BCUT2D eigenvalue weighted by Crippen LogP contribution is -2.34. The van der Waals surface area contributed by atoms with E-state index in [1.807, 2.05) is 6.92 Å². The van der Waals surface area contributed by atoms with E-state index in [-0.39, 0.29) is 5.75 Å². The summed E-state index contributed by atoms with van der Waals surface area (Å²) in [5.41, 5.74) is 1.18. The Morgan fingerprint density at radius 2 is 2.07 bits per heavy atom. The van der Waals surface area contributed by atoms with E-state index < -0.39 is 17.7 Å². The molecule has 4 nitrogen and oxygen atoms in total. The summed E-state index contributed by atoms with van der Waals surface area (Å²) in [5, 5.41) is 0. The lowest BCUT2D eigenvalue weighted by atomic mass is 9.94. The highest BCUT2D eigenvalue weighted by Gasteiger charge is 2.36. The topological polar surface area (TPSA) is 60.4 Å². The van der Waals surface area contributed by atoms with Crippen molar-refractivity contribution in [3.8, 4) is 5.75 Å². The molecule has 1 aromatic carbocycles. The molecule has 0 N–H and O–H groups in total. The molecule has 0 fully saturated rings. The summed E-state index contributed by atoms with van der Waals surface area (Å²) in [4.78, 5) is 33.4. The molecule has 15 heavy (non-hydrogen) atoms. The Hall–Kier alpha value is -1.97. The number of Topliss-reactive ketones (excluding diaryl/α,β-unsaturated/α-hetero) is 1. The predicted octanol–water partition coefficient (Wildman–Crippen LogP) is 0.912. The van der Waals surface area contributed by atoms with Gasteiger partial charge in [0.25, 0.3) is 0 Å². The normalized spacial score (nSPS) is 19.4. The van der Waals surface area contributed by atoms with Crippen LogP contribution >= 0.6 is 0 Å². The number of esters is 1. The van der Waals surface area contributed by atoms with Crippen LogP contribution < -0.4 is 4.74 Å². The Morgan fingerprint density at radius 3 is 2.73 bits per heavy atom. The van der Waals surface area contributed by atoms with Crippen molar-refractivity contribution >= 4 is 18.0 Å². The zero-order valence-corrected chi connectivity index (χ0v) is 8.02. The molecule has 0 radical (unpaired) electrons. The van der Waals surface area contributed by atoms with Crippen molar-refractivity contribution in [1.29, 1.82) is 0 Å². The van der Waals surface area contributed by atoms with Crippen molar-refractivity contribution in [1.82, 2.24) is 0 Å². The summed E-state index contributed by atoms with van der Waals surface area (Å²) in [6.07, 6.45) is 0.315.